The van der Waals surface area contributed by atoms with Gasteiger partial charge in [-0.25, -0.2) is 15.0 Å². The molecule has 158 valence electrons. The lowest BCUT2D eigenvalue weighted by Crippen LogP contribution is -2.11. The van der Waals surface area contributed by atoms with Crippen LogP contribution in [0.25, 0.3) is 27.9 Å². The second-order valence-corrected chi connectivity index (χ2v) is 6.77. The van der Waals surface area contributed by atoms with Crippen LogP contribution in [0.4, 0.5) is 11.6 Å². The minimum atomic E-state index is -0.470. The Morgan fingerprint density at radius 1 is 0.938 bits per heavy atom. The first-order chi connectivity index (χ1) is 15.7. The molecule has 1 N–H and O–H groups in total. The number of rotatable bonds is 5. The Morgan fingerprint density at radius 2 is 1.72 bits per heavy atom. The summed E-state index contributed by atoms with van der Waals surface area (Å²) in [5.41, 5.74) is 1.70. The van der Waals surface area contributed by atoms with Gasteiger partial charge in [0.05, 0.1) is 25.9 Å². The average Bonchev–Trinajstić information content (AvgIpc) is 3.19. The fourth-order valence-corrected chi connectivity index (χ4v) is 3.25. The van der Waals surface area contributed by atoms with Gasteiger partial charge in [0.25, 0.3) is 5.56 Å². The maximum absolute atomic E-state index is 12.3. The number of ether oxygens (including phenoxy) is 2. The van der Waals surface area contributed by atoms with Crippen molar-refractivity contribution in [1.29, 1.82) is 0 Å². The fourth-order valence-electron chi connectivity index (χ4n) is 3.25. The van der Waals surface area contributed by atoms with Gasteiger partial charge in [-0.2, -0.15) is 4.52 Å². The van der Waals surface area contributed by atoms with Gasteiger partial charge in [-0.05, 0) is 42.5 Å². The van der Waals surface area contributed by atoms with Crippen molar-refractivity contribution in [2.24, 2.45) is 0 Å². The van der Waals surface area contributed by atoms with Crippen molar-refractivity contribution in [2.75, 3.05) is 19.5 Å². The Kier molecular flexibility index (Phi) is 4.79. The molecule has 10 heteroatoms. The lowest BCUT2D eigenvalue weighted by Gasteiger charge is -2.08. The highest BCUT2D eigenvalue weighted by Gasteiger charge is 2.16. The van der Waals surface area contributed by atoms with Gasteiger partial charge < -0.3 is 14.8 Å². The molecule has 3 heterocycles. The number of anilines is 2. The number of nitrogens with zero attached hydrogens (tertiary/aromatic N) is 6. The number of aromatic nitrogens is 6. The van der Waals surface area contributed by atoms with E-state index in [1.807, 2.05) is 36.4 Å². The SMILES string of the molecule is COc1ccc(-c2nc3c4cc(OC)ccc4nc(Nc4cnccnc4=O)n3n2)cc1. The molecule has 0 aliphatic heterocycles. The maximum Gasteiger partial charge on any atom is 0.295 e. The fraction of sp³-hybridized carbons (Fsp3) is 0.0909. The molecular weight excluding hydrogens is 410 g/mol. The highest BCUT2D eigenvalue weighted by molar-refractivity contribution is 5.94. The third-order valence-electron chi connectivity index (χ3n) is 4.85. The highest BCUT2D eigenvalue weighted by Crippen LogP contribution is 2.28. The third-order valence-corrected chi connectivity index (χ3v) is 4.85. The zero-order valence-corrected chi connectivity index (χ0v) is 17.2. The molecule has 0 unspecified atom stereocenters. The Morgan fingerprint density at radius 3 is 2.50 bits per heavy atom. The zero-order chi connectivity index (χ0) is 22.1. The van der Waals surface area contributed by atoms with Crippen molar-refractivity contribution in [3.05, 3.63) is 71.4 Å². The van der Waals surface area contributed by atoms with Crippen molar-refractivity contribution < 1.29 is 9.47 Å². The molecule has 5 aromatic rings. The van der Waals surface area contributed by atoms with E-state index in [1.165, 1.54) is 18.6 Å². The van der Waals surface area contributed by atoms with E-state index in [0.29, 0.717) is 28.7 Å². The Balaban J connectivity index is 1.74. The first-order valence-electron chi connectivity index (χ1n) is 9.62. The summed E-state index contributed by atoms with van der Waals surface area (Å²) in [6.45, 7) is 0. The maximum atomic E-state index is 12.3. The molecule has 0 spiro atoms. The molecule has 2 aromatic carbocycles. The topological polar surface area (TPSA) is 116 Å². The molecule has 0 radical (unpaired) electrons. The molecule has 0 aliphatic carbocycles. The molecule has 0 aliphatic rings. The lowest BCUT2D eigenvalue weighted by molar-refractivity contribution is 0.415. The van der Waals surface area contributed by atoms with Crippen LogP contribution in [-0.2, 0) is 0 Å². The molecule has 0 atom stereocenters. The highest BCUT2D eigenvalue weighted by atomic mass is 16.5. The van der Waals surface area contributed by atoms with E-state index in [9.17, 15) is 4.79 Å². The van der Waals surface area contributed by atoms with Crippen molar-refractivity contribution >= 4 is 28.2 Å². The number of hydrogen-bond acceptors (Lipinski definition) is 9. The van der Waals surface area contributed by atoms with Gasteiger partial charge in [0.15, 0.2) is 11.5 Å². The third kappa shape index (κ3) is 3.43. The van der Waals surface area contributed by atoms with Crippen molar-refractivity contribution in [3.8, 4) is 22.9 Å². The molecule has 0 saturated carbocycles. The average molecular weight is 427 g/mol. The second-order valence-electron chi connectivity index (χ2n) is 6.77. The first-order valence-corrected chi connectivity index (χ1v) is 9.62. The van der Waals surface area contributed by atoms with Crippen LogP contribution >= 0.6 is 0 Å². The van der Waals surface area contributed by atoms with Crippen LogP contribution in [0.2, 0.25) is 0 Å². The molecule has 0 saturated heterocycles. The van der Waals surface area contributed by atoms with Crippen molar-refractivity contribution in [2.45, 2.75) is 0 Å². The van der Waals surface area contributed by atoms with E-state index in [1.54, 1.807) is 24.8 Å². The summed E-state index contributed by atoms with van der Waals surface area (Å²) < 4.78 is 12.1. The van der Waals surface area contributed by atoms with Gasteiger partial charge in [-0.15, -0.1) is 5.10 Å². The summed E-state index contributed by atoms with van der Waals surface area (Å²) in [4.78, 5) is 29.5. The summed E-state index contributed by atoms with van der Waals surface area (Å²) in [6, 6.07) is 12.9. The van der Waals surface area contributed by atoms with E-state index in [4.69, 9.17) is 14.5 Å². The molecule has 5 rings (SSSR count). The van der Waals surface area contributed by atoms with Crippen LogP contribution in [-0.4, -0.2) is 43.8 Å². The molecule has 3 aromatic heterocycles. The van der Waals surface area contributed by atoms with Crippen LogP contribution in [0.1, 0.15) is 0 Å². The van der Waals surface area contributed by atoms with E-state index in [0.717, 1.165) is 16.7 Å². The van der Waals surface area contributed by atoms with E-state index in [2.05, 4.69) is 25.4 Å². The van der Waals surface area contributed by atoms with Crippen molar-refractivity contribution in [3.63, 3.8) is 0 Å². The second kappa shape index (κ2) is 7.91. The Hall–Kier alpha value is -4.60. The minimum absolute atomic E-state index is 0.165. The standard InChI is InChI=1S/C22H17N7O3/c1-31-14-5-3-13(4-6-14)19-27-20-16-11-15(32-2)7-8-17(16)25-22(29(20)28-19)26-18-12-23-9-10-24-21(18)30/h3-12H,1-2H3,(H,24,25,26,30). The van der Waals surface area contributed by atoms with Crippen molar-refractivity contribution in [1.82, 2.24) is 29.5 Å². The largest absolute Gasteiger partial charge is 0.497 e. The quantitative estimate of drug-likeness (QED) is 0.452. The minimum Gasteiger partial charge on any atom is -0.497 e. The number of fused-ring (bicyclic) bond motifs is 3. The van der Waals surface area contributed by atoms with Crippen LogP contribution in [0.5, 0.6) is 11.5 Å². The number of methoxy groups -OCH3 is 2. The summed E-state index contributed by atoms with van der Waals surface area (Å²) in [5.74, 6) is 2.19. The number of benzene rings is 2. The molecule has 0 bridgehead atoms. The van der Waals surface area contributed by atoms with E-state index >= 15 is 0 Å². The molecule has 10 nitrogen and oxygen atoms in total. The Labute approximate surface area is 181 Å². The molecule has 0 fully saturated rings. The predicted molar refractivity (Wildman–Crippen MR) is 118 cm³/mol. The normalized spacial score (nSPS) is 10.9. The van der Waals surface area contributed by atoms with Crippen LogP contribution in [0.3, 0.4) is 0 Å². The predicted octanol–water partition coefficient (Wildman–Crippen LogP) is 2.86. The van der Waals surface area contributed by atoms with Gasteiger partial charge in [0.1, 0.15) is 17.2 Å². The van der Waals surface area contributed by atoms with Gasteiger partial charge in [0.2, 0.25) is 5.95 Å². The lowest BCUT2D eigenvalue weighted by atomic mass is 10.2. The summed E-state index contributed by atoms with van der Waals surface area (Å²) in [7, 11) is 3.21. The first kappa shape index (κ1) is 19.4. The van der Waals surface area contributed by atoms with E-state index in [-0.39, 0.29) is 5.69 Å². The summed E-state index contributed by atoms with van der Waals surface area (Å²) >= 11 is 0. The summed E-state index contributed by atoms with van der Waals surface area (Å²) in [5, 5.41) is 8.39. The number of hydrogen-bond donors (Lipinski definition) is 1. The zero-order valence-electron chi connectivity index (χ0n) is 17.2. The molecular formula is C22H17N7O3. The van der Waals surface area contributed by atoms with Gasteiger partial charge >= 0.3 is 0 Å². The van der Waals surface area contributed by atoms with E-state index < -0.39 is 5.56 Å². The monoisotopic (exact) mass is 427 g/mol. The smallest absolute Gasteiger partial charge is 0.295 e. The molecule has 32 heavy (non-hydrogen) atoms. The van der Waals surface area contributed by atoms with Crippen LogP contribution < -0.4 is 20.3 Å². The van der Waals surface area contributed by atoms with Gasteiger partial charge in [0, 0.05) is 23.3 Å². The number of nitrogens with one attached hydrogen (secondary N) is 1. The van der Waals surface area contributed by atoms with Gasteiger partial charge in [-0.1, -0.05) is 0 Å². The van der Waals surface area contributed by atoms with Gasteiger partial charge in [-0.3, -0.25) is 9.78 Å². The van der Waals surface area contributed by atoms with Crippen LogP contribution in [0, 0.1) is 0 Å². The van der Waals surface area contributed by atoms with Crippen LogP contribution in [0.15, 0.2) is 65.8 Å². The Bertz CT molecular complexity index is 1500. The summed E-state index contributed by atoms with van der Waals surface area (Å²) in [6.07, 6.45) is 4.16. The molecule has 0 amide bonds.